The minimum atomic E-state index is -3.46. The van der Waals surface area contributed by atoms with E-state index in [0.29, 0.717) is 23.7 Å². The number of amides is 1. The van der Waals surface area contributed by atoms with Gasteiger partial charge in [0.05, 0.1) is 37.1 Å². The zero-order valence-corrected chi connectivity index (χ0v) is 16.1. The molecule has 3 fully saturated rings. The molecule has 4 rings (SSSR count). The Kier molecular flexibility index (Phi) is 4.79. The number of nitrogens with zero attached hydrogens (tertiary/aromatic N) is 1. The number of quaternary nitrogens is 1. The summed E-state index contributed by atoms with van der Waals surface area (Å²) in [5, 5.41) is 2.66. The van der Waals surface area contributed by atoms with Crippen LogP contribution in [0.1, 0.15) is 32.6 Å². The SMILES string of the molecule is CC(=O)Nc1ccc(S(=O)(=O)N2CC[NH+]([C@@H]3C[C@H]4CC[C@@H]3C4)CC2)cc1. The molecular formula is C19H28N3O3S+. The van der Waals surface area contributed by atoms with Crippen LogP contribution in [0, 0.1) is 11.8 Å². The maximum Gasteiger partial charge on any atom is 0.243 e. The standard InChI is InChI=1S/C19H27N3O3S/c1-14(23)20-17-4-6-18(7-5-17)26(24,25)22-10-8-21(9-11-22)19-13-15-2-3-16(19)12-15/h4-7,15-16,19H,2-3,8-13H2,1H3,(H,20,23)/p+1/t15-,16+,19+/m0/s1. The van der Waals surface area contributed by atoms with E-state index in [9.17, 15) is 13.2 Å². The first-order valence-corrected chi connectivity index (χ1v) is 11.1. The fraction of sp³-hybridized carbons (Fsp3) is 0.632. The average Bonchev–Trinajstić information content (AvgIpc) is 3.25. The van der Waals surface area contributed by atoms with Gasteiger partial charge in [-0.3, -0.25) is 4.79 Å². The van der Waals surface area contributed by atoms with Crippen molar-refractivity contribution in [2.24, 2.45) is 11.8 Å². The number of carbonyl (C=O) groups excluding carboxylic acids is 1. The number of fused-ring (bicyclic) bond motifs is 2. The van der Waals surface area contributed by atoms with Crippen LogP contribution in [0.4, 0.5) is 5.69 Å². The smallest absolute Gasteiger partial charge is 0.243 e. The maximum atomic E-state index is 12.9. The second-order valence-electron chi connectivity index (χ2n) is 8.05. The first-order chi connectivity index (χ1) is 12.4. The molecule has 7 heteroatoms. The topological polar surface area (TPSA) is 70.9 Å². The van der Waals surface area contributed by atoms with Gasteiger partial charge in [-0.25, -0.2) is 8.42 Å². The lowest BCUT2D eigenvalue weighted by Gasteiger charge is -2.37. The van der Waals surface area contributed by atoms with Crippen molar-refractivity contribution >= 4 is 21.6 Å². The highest BCUT2D eigenvalue weighted by Gasteiger charge is 2.46. The van der Waals surface area contributed by atoms with Crippen LogP contribution in [-0.4, -0.2) is 50.9 Å². The van der Waals surface area contributed by atoms with Gasteiger partial charge < -0.3 is 10.2 Å². The molecular weight excluding hydrogens is 350 g/mol. The van der Waals surface area contributed by atoms with E-state index in [4.69, 9.17) is 0 Å². The highest BCUT2D eigenvalue weighted by Crippen LogP contribution is 2.43. The van der Waals surface area contributed by atoms with Crippen molar-refractivity contribution in [2.45, 2.75) is 43.5 Å². The maximum absolute atomic E-state index is 12.9. The van der Waals surface area contributed by atoms with E-state index in [1.54, 1.807) is 33.5 Å². The molecule has 2 aliphatic carbocycles. The Balaban J connectivity index is 1.39. The lowest BCUT2D eigenvalue weighted by atomic mass is 9.93. The Bertz CT molecular complexity index is 770. The van der Waals surface area contributed by atoms with Crippen LogP contribution in [0.15, 0.2) is 29.2 Å². The van der Waals surface area contributed by atoms with Crippen LogP contribution in [0.2, 0.25) is 0 Å². The van der Waals surface area contributed by atoms with Gasteiger partial charge in [0.15, 0.2) is 0 Å². The second-order valence-corrected chi connectivity index (χ2v) is 9.99. The van der Waals surface area contributed by atoms with Gasteiger partial charge in [0.2, 0.25) is 15.9 Å². The highest BCUT2D eigenvalue weighted by molar-refractivity contribution is 7.89. The lowest BCUT2D eigenvalue weighted by molar-refractivity contribution is -0.932. The number of sulfonamides is 1. The molecule has 2 N–H and O–H groups in total. The number of nitrogens with one attached hydrogen (secondary N) is 2. The molecule has 1 aliphatic heterocycles. The van der Waals surface area contributed by atoms with Gasteiger partial charge >= 0.3 is 0 Å². The van der Waals surface area contributed by atoms with Crippen molar-refractivity contribution < 1.29 is 18.1 Å². The number of anilines is 1. The Morgan fingerprint density at radius 3 is 2.35 bits per heavy atom. The van der Waals surface area contributed by atoms with Crippen molar-refractivity contribution in [2.75, 3.05) is 31.5 Å². The second kappa shape index (κ2) is 6.94. The summed E-state index contributed by atoms with van der Waals surface area (Å²) in [6.07, 6.45) is 5.53. The summed E-state index contributed by atoms with van der Waals surface area (Å²) < 4.78 is 27.4. The van der Waals surface area contributed by atoms with Gasteiger partial charge in [-0.1, -0.05) is 0 Å². The normalized spacial score (nSPS) is 29.8. The Labute approximate surface area is 155 Å². The van der Waals surface area contributed by atoms with E-state index in [0.717, 1.165) is 31.0 Å². The summed E-state index contributed by atoms with van der Waals surface area (Å²) in [5.74, 6) is 1.64. The summed E-state index contributed by atoms with van der Waals surface area (Å²) in [4.78, 5) is 13.0. The fourth-order valence-electron chi connectivity index (χ4n) is 5.19. The number of hydrogen-bond donors (Lipinski definition) is 2. The van der Waals surface area contributed by atoms with E-state index >= 15 is 0 Å². The van der Waals surface area contributed by atoms with Crippen molar-refractivity contribution in [3.8, 4) is 0 Å². The molecule has 1 aromatic carbocycles. The summed E-state index contributed by atoms with van der Waals surface area (Å²) in [6, 6.07) is 7.21. The quantitative estimate of drug-likeness (QED) is 0.811. The summed E-state index contributed by atoms with van der Waals surface area (Å²) in [5.41, 5.74) is 0.613. The molecule has 1 heterocycles. The minimum absolute atomic E-state index is 0.166. The van der Waals surface area contributed by atoms with Crippen LogP contribution >= 0.6 is 0 Å². The molecule has 0 aromatic heterocycles. The molecule has 26 heavy (non-hydrogen) atoms. The van der Waals surface area contributed by atoms with Crippen LogP contribution in [0.5, 0.6) is 0 Å². The first kappa shape index (κ1) is 17.9. The van der Waals surface area contributed by atoms with Gasteiger partial charge in [0.25, 0.3) is 0 Å². The minimum Gasteiger partial charge on any atom is -0.330 e. The first-order valence-electron chi connectivity index (χ1n) is 9.66. The van der Waals surface area contributed by atoms with Crippen LogP contribution in [0.3, 0.4) is 0 Å². The third kappa shape index (κ3) is 3.40. The molecule has 0 spiro atoms. The van der Waals surface area contributed by atoms with E-state index < -0.39 is 10.0 Å². The molecule has 0 radical (unpaired) electrons. The molecule has 1 saturated heterocycles. The van der Waals surface area contributed by atoms with E-state index in [1.807, 2.05) is 0 Å². The zero-order valence-electron chi connectivity index (χ0n) is 15.3. The molecule has 6 nitrogen and oxygen atoms in total. The highest BCUT2D eigenvalue weighted by atomic mass is 32.2. The van der Waals surface area contributed by atoms with Gasteiger partial charge in [-0.05, 0) is 49.4 Å². The molecule has 3 aliphatic rings. The van der Waals surface area contributed by atoms with Crippen molar-refractivity contribution in [1.29, 1.82) is 0 Å². The molecule has 3 atom stereocenters. The monoisotopic (exact) mass is 378 g/mol. The van der Waals surface area contributed by atoms with Gasteiger partial charge in [0.1, 0.15) is 0 Å². The third-order valence-corrected chi connectivity index (χ3v) is 8.35. The zero-order chi connectivity index (χ0) is 18.3. The summed E-state index contributed by atoms with van der Waals surface area (Å²) in [6.45, 7) is 4.45. The Morgan fingerprint density at radius 1 is 1.12 bits per heavy atom. The van der Waals surface area contributed by atoms with E-state index in [1.165, 1.54) is 32.6 Å². The number of benzene rings is 1. The van der Waals surface area contributed by atoms with Gasteiger partial charge in [0, 0.05) is 24.9 Å². The van der Waals surface area contributed by atoms with Crippen molar-refractivity contribution in [1.82, 2.24) is 4.31 Å². The molecule has 2 saturated carbocycles. The summed E-state index contributed by atoms with van der Waals surface area (Å²) in [7, 11) is -3.46. The van der Waals surface area contributed by atoms with Gasteiger partial charge in [-0.2, -0.15) is 4.31 Å². The Hall–Kier alpha value is -1.44. The molecule has 0 unspecified atom stereocenters. The van der Waals surface area contributed by atoms with E-state index in [-0.39, 0.29) is 5.91 Å². The number of piperazine rings is 1. The van der Waals surface area contributed by atoms with Crippen molar-refractivity contribution in [3.63, 3.8) is 0 Å². The fourth-order valence-corrected chi connectivity index (χ4v) is 6.63. The largest absolute Gasteiger partial charge is 0.330 e. The lowest BCUT2D eigenvalue weighted by Crippen LogP contribution is -3.18. The number of hydrogen-bond acceptors (Lipinski definition) is 3. The summed E-state index contributed by atoms with van der Waals surface area (Å²) >= 11 is 0. The van der Waals surface area contributed by atoms with Crippen LogP contribution in [0.25, 0.3) is 0 Å². The third-order valence-electron chi connectivity index (χ3n) is 6.44. The van der Waals surface area contributed by atoms with Crippen molar-refractivity contribution in [3.05, 3.63) is 24.3 Å². The molecule has 2 bridgehead atoms. The number of carbonyl (C=O) groups is 1. The van der Waals surface area contributed by atoms with E-state index in [2.05, 4.69) is 5.32 Å². The molecule has 1 amide bonds. The predicted molar refractivity (Wildman–Crippen MR) is 99.4 cm³/mol. The van der Waals surface area contributed by atoms with Crippen LogP contribution < -0.4 is 10.2 Å². The Morgan fingerprint density at radius 2 is 1.81 bits per heavy atom. The van der Waals surface area contributed by atoms with Gasteiger partial charge in [-0.15, -0.1) is 0 Å². The predicted octanol–water partition coefficient (Wildman–Crippen LogP) is 0.723. The molecule has 1 aromatic rings. The average molecular weight is 379 g/mol. The number of rotatable bonds is 4. The molecule has 142 valence electrons. The van der Waals surface area contributed by atoms with Crippen LogP contribution in [-0.2, 0) is 14.8 Å².